The minimum Gasteiger partial charge on any atom is -0.528 e. The fourth-order valence-corrected chi connectivity index (χ4v) is 3.03. The van der Waals surface area contributed by atoms with E-state index in [4.69, 9.17) is 4.65 Å². The number of hydrogen-bond donors (Lipinski definition) is 1. The highest BCUT2D eigenvalue weighted by Gasteiger charge is 2.40. The lowest BCUT2D eigenvalue weighted by Gasteiger charge is -2.31. The number of rotatable bonds is 2. The first-order valence-electron chi connectivity index (χ1n) is 6.26. The third-order valence-electron chi connectivity index (χ3n) is 3.66. The molecule has 0 spiro atoms. The molecule has 0 aromatic heterocycles. The lowest BCUT2D eigenvalue weighted by Crippen LogP contribution is -3.04. The molecule has 2 aromatic carbocycles. The molecule has 2 N–H and O–H groups in total. The Morgan fingerprint density at radius 1 is 0.944 bits per heavy atom. The molecule has 18 heavy (non-hydrogen) atoms. The molecule has 2 aromatic rings. The van der Waals surface area contributed by atoms with Crippen LogP contribution in [0.3, 0.4) is 0 Å². The Labute approximate surface area is 115 Å². The van der Waals surface area contributed by atoms with E-state index in [2.05, 4.69) is 69.7 Å². The van der Waals surface area contributed by atoms with Crippen molar-refractivity contribution >= 4 is 33.3 Å². The highest BCUT2D eigenvalue weighted by molar-refractivity contribution is 9.10. The van der Waals surface area contributed by atoms with E-state index < -0.39 is 6.48 Å². The molecule has 0 bridgehead atoms. The molecule has 0 radical (unpaired) electrons. The van der Waals surface area contributed by atoms with Crippen LogP contribution in [0.5, 0.6) is 0 Å². The first-order valence-corrected chi connectivity index (χ1v) is 7.06. The number of halogens is 1. The summed E-state index contributed by atoms with van der Waals surface area (Å²) in [7, 11) is 0. The van der Waals surface area contributed by atoms with Crippen LogP contribution in [0.4, 0.5) is 0 Å². The first-order chi connectivity index (χ1) is 8.81. The van der Waals surface area contributed by atoms with Crippen LogP contribution >= 0.6 is 15.9 Å². The molecular weight excluding hydrogens is 289 g/mol. The van der Waals surface area contributed by atoms with Crippen LogP contribution in [0, 0.1) is 0 Å². The maximum absolute atomic E-state index is 6.14. The summed E-state index contributed by atoms with van der Waals surface area (Å²) in [6, 6.07) is 19.0. The third kappa shape index (κ3) is 2.01. The molecular formula is C14H15BBrNO. The third-order valence-corrected chi connectivity index (χ3v) is 4.19. The summed E-state index contributed by atoms with van der Waals surface area (Å²) >= 11 is 3.48. The number of benzene rings is 2. The van der Waals surface area contributed by atoms with Crippen LogP contribution < -0.4 is 16.2 Å². The molecule has 1 unspecified atom stereocenters. The van der Waals surface area contributed by atoms with Crippen LogP contribution in [-0.4, -0.2) is 19.6 Å². The van der Waals surface area contributed by atoms with Crippen molar-refractivity contribution in [2.24, 2.45) is 0 Å². The molecule has 0 amide bonds. The van der Waals surface area contributed by atoms with Crippen molar-refractivity contribution in [3.05, 3.63) is 59.1 Å². The summed E-state index contributed by atoms with van der Waals surface area (Å²) in [5, 5.41) is 2.33. The summed E-state index contributed by atoms with van der Waals surface area (Å²) < 4.78 is 7.24. The van der Waals surface area contributed by atoms with E-state index in [0.29, 0.717) is 0 Å². The summed E-state index contributed by atoms with van der Waals surface area (Å²) in [6.45, 7) is 0.700. The Bertz CT molecular complexity index is 523. The topological polar surface area (TPSA) is 25.8 Å². The largest absolute Gasteiger partial charge is 0.528 e. The Hall–Kier alpha value is -1.10. The van der Waals surface area contributed by atoms with Crippen molar-refractivity contribution in [2.45, 2.75) is 0 Å². The molecule has 1 heterocycles. The van der Waals surface area contributed by atoms with Gasteiger partial charge in [0.05, 0.1) is 13.2 Å². The SMILES string of the molecule is Brc1ccc([B-]2(c3ccccc3)[NH2+]CCO2)cc1. The van der Waals surface area contributed by atoms with Gasteiger partial charge in [-0.15, -0.1) is 10.9 Å². The van der Waals surface area contributed by atoms with Crippen molar-refractivity contribution in [1.29, 1.82) is 0 Å². The summed E-state index contributed by atoms with van der Waals surface area (Å²) in [4.78, 5) is 0. The normalized spacial score (nSPS) is 23.2. The summed E-state index contributed by atoms with van der Waals surface area (Å²) in [5.74, 6) is 0. The van der Waals surface area contributed by atoms with Gasteiger partial charge in [-0.1, -0.05) is 70.5 Å². The number of nitrogens with two attached hydrogens (primary N) is 1. The second-order valence-corrected chi connectivity index (χ2v) is 5.62. The number of hydrogen-bond acceptors (Lipinski definition) is 1. The molecule has 2 nitrogen and oxygen atoms in total. The highest BCUT2D eigenvalue weighted by Crippen LogP contribution is 2.09. The average Bonchev–Trinajstić information content (AvgIpc) is 2.91. The van der Waals surface area contributed by atoms with Crippen LogP contribution in [0.25, 0.3) is 0 Å². The summed E-state index contributed by atoms with van der Waals surface area (Å²) in [6.07, 6.45) is 0. The minimum atomic E-state index is -1.13. The van der Waals surface area contributed by atoms with Crippen molar-refractivity contribution in [3.63, 3.8) is 0 Å². The van der Waals surface area contributed by atoms with E-state index in [-0.39, 0.29) is 0 Å². The predicted octanol–water partition coefficient (Wildman–Crippen LogP) is 0.599. The van der Waals surface area contributed by atoms with Gasteiger partial charge in [0.25, 0.3) is 0 Å². The highest BCUT2D eigenvalue weighted by atomic mass is 79.9. The zero-order valence-corrected chi connectivity index (χ0v) is 11.6. The Balaban J connectivity index is 2.10. The molecule has 1 atom stereocenters. The van der Waals surface area contributed by atoms with Gasteiger partial charge in [-0.25, -0.2) is 0 Å². The lowest BCUT2D eigenvalue weighted by atomic mass is 9.42. The van der Waals surface area contributed by atoms with Gasteiger partial charge in [0.2, 0.25) is 0 Å². The average molecular weight is 304 g/mol. The molecule has 1 fully saturated rings. The quantitative estimate of drug-likeness (QED) is 0.808. The van der Waals surface area contributed by atoms with Crippen molar-refractivity contribution in [3.8, 4) is 0 Å². The molecule has 3 rings (SSSR count). The fourth-order valence-electron chi connectivity index (χ4n) is 2.77. The van der Waals surface area contributed by atoms with Gasteiger partial charge >= 0.3 is 6.48 Å². The van der Waals surface area contributed by atoms with Crippen LogP contribution in [0.2, 0.25) is 0 Å². The smallest absolute Gasteiger partial charge is 0.388 e. The van der Waals surface area contributed by atoms with Gasteiger partial charge in [-0.05, 0) is 0 Å². The molecule has 92 valence electrons. The van der Waals surface area contributed by atoms with Gasteiger partial charge in [0.1, 0.15) is 0 Å². The van der Waals surface area contributed by atoms with Gasteiger partial charge in [-0.2, -0.15) is 0 Å². The zero-order chi connectivity index (χ0) is 12.4. The van der Waals surface area contributed by atoms with Gasteiger partial charge < -0.3 is 9.88 Å². The van der Waals surface area contributed by atoms with E-state index in [1.807, 2.05) is 6.07 Å². The van der Waals surface area contributed by atoms with E-state index in [9.17, 15) is 0 Å². The second-order valence-electron chi connectivity index (χ2n) is 4.71. The molecule has 0 aliphatic carbocycles. The van der Waals surface area contributed by atoms with Crippen LogP contribution in [0.15, 0.2) is 59.1 Å². The van der Waals surface area contributed by atoms with E-state index >= 15 is 0 Å². The van der Waals surface area contributed by atoms with Crippen LogP contribution in [-0.2, 0) is 4.65 Å². The molecule has 1 aliphatic heterocycles. The second kappa shape index (κ2) is 4.88. The lowest BCUT2D eigenvalue weighted by molar-refractivity contribution is -0.514. The zero-order valence-electron chi connectivity index (χ0n) is 10.1. The van der Waals surface area contributed by atoms with E-state index in [1.165, 1.54) is 10.9 Å². The standard InChI is InChI=1S/C14H15BBrNO/c16-14-8-6-13(7-9-14)15(17-10-11-18-15)12-4-2-1-3-5-12/h1-9H,10-11,17H2. The predicted molar refractivity (Wildman–Crippen MR) is 78.4 cm³/mol. The Morgan fingerprint density at radius 3 is 2.22 bits per heavy atom. The Morgan fingerprint density at radius 2 is 1.61 bits per heavy atom. The minimum absolute atomic E-state index is 0.810. The van der Waals surface area contributed by atoms with Gasteiger partial charge in [0.15, 0.2) is 0 Å². The monoisotopic (exact) mass is 303 g/mol. The van der Waals surface area contributed by atoms with Gasteiger partial charge in [0, 0.05) is 4.47 Å². The number of quaternary nitrogens is 1. The summed E-state index contributed by atoms with van der Waals surface area (Å²) in [5.41, 5.74) is 2.51. The van der Waals surface area contributed by atoms with E-state index in [1.54, 1.807) is 0 Å². The maximum atomic E-state index is 6.14. The molecule has 1 saturated heterocycles. The van der Waals surface area contributed by atoms with Crippen molar-refractivity contribution in [2.75, 3.05) is 13.2 Å². The fraction of sp³-hybridized carbons (Fsp3) is 0.143. The van der Waals surface area contributed by atoms with E-state index in [0.717, 1.165) is 17.6 Å². The Kier molecular flexibility index (Phi) is 3.24. The van der Waals surface area contributed by atoms with Crippen LogP contribution in [0.1, 0.15) is 0 Å². The van der Waals surface area contributed by atoms with Gasteiger partial charge in [-0.3, -0.25) is 0 Å². The molecule has 4 heteroatoms. The van der Waals surface area contributed by atoms with Crippen molar-refractivity contribution < 1.29 is 9.88 Å². The molecule has 1 aliphatic rings. The maximum Gasteiger partial charge on any atom is 0.388 e. The van der Waals surface area contributed by atoms with Crippen molar-refractivity contribution in [1.82, 2.24) is 0 Å². The molecule has 0 saturated carbocycles. The first kappa shape index (κ1) is 12.0.